The van der Waals surface area contributed by atoms with Crippen LogP contribution >= 0.6 is 0 Å². The summed E-state index contributed by atoms with van der Waals surface area (Å²) in [6.07, 6.45) is -3.65. The Labute approximate surface area is 156 Å². The third kappa shape index (κ3) is 4.94. The normalized spacial score (nSPS) is 45.1. The fourth-order valence-electron chi connectivity index (χ4n) is 3.24. The van der Waals surface area contributed by atoms with Gasteiger partial charge in [-0.2, -0.15) is 0 Å². The minimum absolute atomic E-state index is 0.141. The maximum Gasteiger partial charge on any atom is 0.232 e. The van der Waals surface area contributed by atoms with Gasteiger partial charge in [-0.3, -0.25) is 4.79 Å². The van der Waals surface area contributed by atoms with Crippen molar-refractivity contribution in [2.45, 2.75) is 73.9 Å². The fourth-order valence-corrected chi connectivity index (χ4v) is 3.24. The Kier molecular flexibility index (Phi) is 7.52. The Balaban J connectivity index is 2.04. The predicted octanol–water partition coefficient (Wildman–Crippen LogP) is -4.93. The van der Waals surface area contributed by atoms with E-state index in [0.29, 0.717) is 0 Å². The Morgan fingerprint density at radius 1 is 1.11 bits per heavy atom. The minimum Gasteiger partial charge on any atom is -0.389 e. The molecule has 0 aromatic heterocycles. The van der Waals surface area contributed by atoms with Crippen LogP contribution in [-0.4, -0.2) is 93.9 Å². The largest absolute Gasteiger partial charge is 0.389 e. The van der Waals surface area contributed by atoms with E-state index in [4.69, 9.17) is 33.1 Å². The first-order valence-corrected chi connectivity index (χ1v) is 8.67. The number of carbonyl (C=O) groups is 1. The molecule has 1 saturated carbocycles. The summed E-state index contributed by atoms with van der Waals surface area (Å²) in [6.45, 7) is -0.141. The molecule has 1 saturated heterocycles. The molecular formula is C16H28N4O7. The number of hydrogen-bond acceptors (Lipinski definition) is 10. The summed E-state index contributed by atoms with van der Waals surface area (Å²) in [7, 11) is 0. The molecule has 0 radical (unpaired) electrons. The van der Waals surface area contributed by atoms with Gasteiger partial charge in [0.15, 0.2) is 6.29 Å². The van der Waals surface area contributed by atoms with E-state index in [1.165, 1.54) is 0 Å². The number of nitrogens with one attached hydrogen (secondary N) is 1. The number of aliphatic hydroxyl groups is 4. The summed E-state index contributed by atoms with van der Waals surface area (Å²) in [5.41, 5.74) is 17.5. The van der Waals surface area contributed by atoms with Crippen molar-refractivity contribution in [3.63, 3.8) is 0 Å². The van der Waals surface area contributed by atoms with Crippen LogP contribution in [-0.2, 0) is 14.3 Å². The van der Waals surface area contributed by atoms with Gasteiger partial charge in [-0.15, -0.1) is 6.42 Å². The van der Waals surface area contributed by atoms with Crippen LogP contribution in [0.25, 0.3) is 0 Å². The van der Waals surface area contributed by atoms with Crippen LogP contribution in [0.1, 0.15) is 12.8 Å². The number of carbonyl (C=O) groups excluding carboxylic acids is 1. The highest BCUT2D eigenvalue weighted by atomic mass is 16.7. The molecule has 1 aliphatic carbocycles. The number of nitrogens with two attached hydrogens (primary N) is 3. The average Bonchev–Trinajstić information content (AvgIpc) is 2.62. The van der Waals surface area contributed by atoms with Gasteiger partial charge in [-0.25, -0.2) is 0 Å². The molecule has 0 spiro atoms. The fraction of sp³-hybridized carbons (Fsp3) is 0.812. The van der Waals surface area contributed by atoms with Crippen molar-refractivity contribution in [3.05, 3.63) is 0 Å². The molecule has 11 nitrogen and oxygen atoms in total. The van der Waals surface area contributed by atoms with Gasteiger partial charge >= 0.3 is 0 Å². The molecule has 0 aromatic rings. The van der Waals surface area contributed by atoms with Crippen molar-refractivity contribution in [1.82, 2.24) is 5.32 Å². The summed E-state index contributed by atoms with van der Waals surface area (Å²) in [5.74, 6) is 1.73. The van der Waals surface area contributed by atoms with Gasteiger partial charge in [-0.1, -0.05) is 5.92 Å². The van der Waals surface area contributed by atoms with Crippen molar-refractivity contribution in [2.24, 2.45) is 17.2 Å². The van der Waals surface area contributed by atoms with Crippen LogP contribution in [0, 0.1) is 12.3 Å². The molecule has 0 unspecified atom stereocenters. The molecule has 154 valence electrons. The molecule has 2 fully saturated rings. The summed E-state index contributed by atoms with van der Waals surface area (Å²) >= 11 is 0. The zero-order valence-corrected chi connectivity index (χ0v) is 14.7. The number of amides is 1. The van der Waals surface area contributed by atoms with Crippen molar-refractivity contribution in [3.8, 4) is 12.3 Å². The lowest BCUT2D eigenvalue weighted by Gasteiger charge is -2.45. The van der Waals surface area contributed by atoms with Gasteiger partial charge in [0.1, 0.15) is 30.5 Å². The van der Waals surface area contributed by atoms with Crippen molar-refractivity contribution >= 4 is 5.91 Å². The standard InChI is InChI=1S/C16H28N4O7/c1-2-3-9(21)20-5-8-12(23)13(24)10(19)16(26-8)27-15-7(18)4-6(17)11(22)14(15)25/h1,6-8,10-16,22-25H,3-5,17-19H2,(H,20,21)/t6-,7+,8-,10-,11+,12-,13-,14-,15-,16-/m1/s1. The molecule has 2 aliphatic rings. The molecule has 10 atom stereocenters. The number of hydrogen-bond donors (Lipinski definition) is 8. The molecule has 0 bridgehead atoms. The number of rotatable bonds is 5. The number of terminal acetylenes is 1. The molecule has 27 heavy (non-hydrogen) atoms. The van der Waals surface area contributed by atoms with Gasteiger partial charge in [-0.05, 0) is 6.42 Å². The highest BCUT2D eigenvalue weighted by molar-refractivity contribution is 5.78. The van der Waals surface area contributed by atoms with Crippen LogP contribution in [0.2, 0.25) is 0 Å². The Morgan fingerprint density at radius 2 is 1.78 bits per heavy atom. The molecule has 11 N–H and O–H groups in total. The zero-order valence-electron chi connectivity index (χ0n) is 14.7. The van der Waals surface area contributed by atoms with Crippen molar-refractivity contribution in [1.29, 1.82) is 0 Å². The number of aliphatic hydroxyl groups excluding tert-OH is 4. The highest BCUT2D eigenvalue weighted by Crippen LogP contribution is 2.27. The average molecular weight is 388 g/mol. The van der Waals surface area contributed by atoms with Crippen LogP contribution < -0.4 is 22.5 Å². The van der Waals surface area contributed by atoms with Gasteiger partial charge in [0, 0.05) is 18.6 Å². The summed E-state index contributed by atoms with van der Waals surface area (Å²) in [5, 5.41) is 42.9. The van der Waals surface area contributed by atoms with E-state index in [-0.39, 0.29) is 19.4 Å². The second kappa shape index (κ2) is 9.24. The van der Waals surface area contributed by atoms with E-state index in [0.717, 1.165) is 0 Å². The molecule has 2 rings (SSSR count). The van der Waals surface area contributed by atoms with Crippen LogP contribution in [0.15, 0.2) is 0 Å². The minimum atomic E-state index is -1.41. The summed E-state index contributed by atoms with van der Waals surface area (Å²) in [4.78, 5) is 11.5. The molecule has 0 aromatic carbocycles. The predicted molar refractivity (Wildman–Crippen MR) is 92.6 cm³/mol. The highest BCUT2D eigenvalue weighted by Gasteiger charge is 2.48. The third-order valence-electron chi connectivity index (χ3n) is 4.89. The van der Waals surface area contributed by atoms with Crippen molar-refractivity contribution < 1.29 is 34.7 Å². The second-order valence-electron chi connectivity index (χ2n) is 6.93. The van der Waals surface area contributed by atoms with E-state index in [1.807, 2.05) is 0 Å². The van der Waals surface area contributed by atoms with Crippen LogP contribution in [0.4, 0.5) is 0 Å². The SMILES string of the molecule is C#CCC(=O)NC[C@H]1O[C@H](O[C@H]2[C@H](O)[C@@H](O)[C@H](N)C[C@@H]2N)[C@H](N)[C@@H](O)[C@@H]1O. The molecule has 1 aliphatic heterocycles. The lowest BCUT2D eigenvalue weighted by molar-refractivity contribution is -0.288. The first kappa shape index (κ1) is 22.0. The second-order valence-corrected chi connectivity index (χ2v) is 6.93. The topological polar surface area (TPSA) is 207 Å². The van der Waals surface area contributed by atoms with Crippen LogP contribution in [0.3, 0.4) is 0 Å². The van der Waals surface area contributed by atoms with Gasteiger partial charge < -0.3 is 52.4 Å². The zero-order chi connectivity index (χ0) is 20.3. The Hall–Kier alpha value is -1.33. The molecular weight excluding hydrogens is 360 g/mol. The van der Waals surface area contributed by atoms with E-state index in [2.05, 4.69) is 11.2 Å². The maximum atomic E-state index is 11.5. The lowest BCUT2D eigenvalue weighted by Crippen LogP contribution is -2.67. The van der Waals surface area contributed by atoms with E-state index in [9.17, 15) is 25.2 Å². The van der Waals surface area contributed by atoms with Gasteiger partial charge in [0.25, 0.3) is 0 Å². The smallest absolute Gasteiger partial charge is 0.232 e. The lowest BCUT2D eigenvalue weighted by atomic mass is 9.84. The van der Waals surface area contributed by atoms with E-state index >= 15 is 0 Å². The number of ether oxygens (including phenoxy) is 2. The summed E-state index contributed by atoms with van der Waals surface area (Å²) in [6, 6.07) is -2.56. The van der Waals surface area contributed by atoms with Gasteiger partial charge in [0.05, 0.1) is 18.6 Å². The molecule has 11 heteroatoms. The monoisotopic (exact) mass is 388 g/mol. The van der Waals surface area contributed by atoms with E-state index in [1.54, 1.807) is 0 Å². The summed E-state index contributed by atoms with van der Waals surface area (Å²) < 4.78 is 11.2. The molecule has 1 amide bonds. The van der Waals surface area contributed by atoms with Crippen molar-refractivity contribution in [2.75, 3.05) is 6.54 Å². The van der Waals surface area contributed by atoms with E-state index < -0.39 is 66.9 Å². The quantitative estimate of drug-likeness (QED) is 0.210. The molecule has 1 heterocycles. The Morgan fingerprint density at radius 3 is 2.41 bits per heavy atom. The maximum absolute atomic E-state index is 11.5. The third-order valence-corrected chi connectivity index (χ3v) is 4.89. The first-order valence-electron chi connectivity index (χ1n) is 8.67. The Bertz CT molecular complexity index is 559. The van der Waals surface area contributed by atoms with Gasteiger partial charge in [0.2, 0.25) is 5.91 Å². The van der Waals surface area contributed by atoms with Crippen LogP contribution in [0.5, 0.6) is 0 Å². The first-order chi connectivity index (χ1) is 12.7.